The number of benzene rings is 2. The second-order valence-electron chi connectivity index (χ2n) is 8.71. The fourth-order valence-electron chi connectivity index (χ4n) is 3.87. The minimum absolute atomic E-state index is 0.0298. The van der Waals surface area contributed by atoms with Gasteiger partial charge in [0.05, 0.1) is 24.3 Å². The number of methoxy groups -OCH3 is 1. The molecule has 2 aromatic carbocycles. The molecule has 0 spiro atoms. The molecular formula is C25H28ClNO4. The molecule has 0 bridgehead atoms. The summed E-state index contributed by atoms with van der Waals surface area (Å²) >= 11 is 6.13. The number of carbonyl (C=O) groups is 2. The molecule has 164 valence electrons. The minimum atomic E-state index is -0.710. The average Bonchev–Trinajstić information content (AvgIpc) is 2.98. The van der Waals surface area contributed by atoms with Gasteiger partial charge in [0, 0.05) is 11.6 Å². The van der Waals surface area contributed by atoms with Crippen molar-refractivity contribution in [3.05, 3.63) is 69.8 Å². The second kappa shape index (κ2) is 8.75. The van der Waals surface area contributed by atoms with E-state index in [4.69, 9.17) is 16.3 Å². The zero-order valence-electron chi connectivity index (χ0n) is 18.5. The first-order valence-electron chi connectivity index (χ1n) is 10.3. The van der Waals surface area contributed by atoms with Crippen molar-refractivity contribution in [1.82, 2.24) is 4.90 Å². The van der Waals surface area contributed by atoms with E-state index in [0.29, 0.717) is 23.7 Å². The molecule has 0 aromatic heterocycles. The molecule has 5 nitrogen and oxygen atoms in total. The molecule has 3 rings (SSSR count). The summed E-state index contributed by atoms with van der Waals surface area (Å²) in [4.78, 5) is 27.4. The van der Waals surface area contributed by atoms with Crippen LogP contribution in [0.15, 0.2) is 48.0 Å². The number of aliphatic hydroxyl groups excluding tert-OH is 1. The first-order chi connectivity index (χ1) is 14.6. The number of aliphatic hydroxyl groups is 1. The predicted molar refractivity (Wildman–Crippen MR) is 122 cm³/mol. The van der Waals surface area contributed by atoms with Crippen molar-refractivity contribution in [1.29, 1.82) is 0 Å². The molecular weight excluding hydrogens is 414 g/mol. The van der Waals surface area contributed by atoms with Gasteiger partial charge in [0.15, 0.2) is 0 Å². The number of amides is 1. The summed E-state index contributed by atoms with van der Waals surface area (Å²) in [6.45, 7) is 8.71. The lowest BCUT2D eigenvalue weighted by atomic mass is 9.85. The van der Waals surface area contributed by atoms with Crippen molar-refractivity contribution in [3.8, 4) is 5.75 Å². The Bertz CT molecular complexity index is 1030. The quantitative estimate of drug-likeness (QED) is 0.379. The molecule has 1 saturated heterocycles. The number of nitrogens with zero attached hydrogens (tertiary/aromatic N) is 1. The van der Waals surface area contributed by atoms with Crippen LogP contribution in [-0.4, -0.2) is 35.4 Å². The normalized spacial score (nSPS) is 18.5. The Morgan fingerprint density at radius 3 is 2.32 bits per heavy atom. The topological polar surface area (TPSA) is 66.8 Å². The molecule has 1 atom stereocenters. The molecule has 1 N–H and O–H groups in total. The van der Waals surface area contributed by atoms with E-state index in [-0.39, 0.29) is 22.3 Å². The zero-order valence-corrected chi connectivity index (χ0v) is 19.3. The number of Topliss-reactive ketones (excluding diaryl/α,β-unsaturated/α-hetero) is 1. The van der Waals surface area contributed by atoms with Gasteiger partial charge in [-0.1, -0.05) is 63.6 Å². The molecule has 31 heavy (non-hydrogen) atoms. The van der Waals surface area contributed by atoms with E-state index in [1.807, 2.05) is 31.2 Å². The molecule has 0 radical (unpaired) electrons. The summed E-state index contributed by atoms with van der Waals surface area (Å²) in [5, 5.41) is 11.6. The average molecular weight is 442 g/mol. The van der Waals surface area contributed by atoms with E-state index in [1.165, 1.54) is 18.1 Å². The van der Waals surface area contributed by atoms with Crippen molar-refractivity contribution >= 4 is 29.1 Å². The highest BCUT2D eigenvalue weighted by atomic mass is 35.5. The van der Waals surface area contributed by atoms with Crippen LogP contribution in [0.1, 0.15) is 56.8 Å². The Hall–Kier alpha value is -2.79. The Balaban J connectivity index is 2.21. The third-order valence-corrected chi connectivity index (χ3v) is 5.75. The van der Waals surface area contributed by atoms with Gasteiger partial charge in [0.25, 0.3) is 11.7 Å². The summed E-state index contributed by atoms with van der Waals surface area (Å²) in [6, 6.07) is 11.9. The smallest absolute Gasteiger partial charge is 0.295 e. The van der Waals surface area contributed by atoms with Crippen LogP contribution in [0, 0.1) is 0 Å². The Kier molecular flexibility index (Phi) is 6.46. The highest BCUT2D eigenvalue weighted by molar-refractivity contribution is 6.46. The van der Waals surface area contributed by atoms with Gasteiger partial charge in [-0.05, 0) is 41.2 Å². The Morgan fingerprint density at radius 1 is 1.13 bits per heavy atom. The SMILES string of the molecule is CCCN1C(=O)C(=O)/C(=C(/O)c2cc(Cl)ccc2OC)C1c1ccc(C(C)(C)C)cc1. The molecule has 1 amide bonds. The Labute approximate surface area is 188 Å². The molecule has 1 unspecified atom stereocenters. The summed E-state index contributed by atoms with van der Waals surface area (Å²) in [7, 11) is 1.47. The number of carbonyl (C=O) groups excluding carboxylic acids is 2. The highest BCUT2D eigenvalue weighted by Crippen LogP contribution is 2.41. The number of ketones is 1. The van der Waals surface area contributed by atoms with E-state index >= 15 is 0 Å². The van der Waals surface area contributed by atoms with Gasteiger partial charge in [-0.25, -0.2) is 0 Å². The van der Waals surface area contributed by atoms with Gasteiger partial charge in [0.1, 0.15) is 11.5 Å². The molecule has 1 heterocycles. The monoisotopic (exact) mass is 441 g/mol. The minimum Gasteiger partial charge on any atom is -0.507 e. The van der Waals surface area contributed by atoms with Crippen LogP contribution >= 0.6 is 11.6 Å². The lowest BCUT2D eigenvalue weighted by molar-refractivity contribution is -0.139. The summed E-state index contributed by atoms with van der Waals surface area (Å²) in [6.07, 6.45) is 0.685. The van der Waals surface area contributed by atoms with Gasteiger partial charge in [-0.2, -0.15) is 0 Å². The van der Waals surface area contributed by atoms with Crippen LogP contribution in [0.4, 0.5) is 0 Å². The summed E-state index contributed by atoms with van der Waals surface area (Å²) < 4.78 is 5.35. The zero-order chi connectivity index (χ0) is 22.9. The van der Waals surface area contributed by atoms with Crippen LogP contribution in [0.25, 0.3) is 5.76 Å². The van der Waals surface area contributed by atoms with E-state index < -0.39 is 17.7 Å². The van der Waals surface area contributed by atoms with Crippen molar-refractivity contribution in [2.45, 2.75) is 45.6 Å². The van der Waals surface area contributed by atoms with Gasteiger partial charge in [-0.3, -0.25) is 9.59 Å². The summed E-state index contributed by atoms with van der Waals surface area (Å²) in [5.74, 6) is -1.25. The van der Waals surface area contributed by atoms with Gasteiger partial charge >= 0.3 is 0 Å². The van der Waals surface area contributed by atoms with Crippen LogP contribution in [-0.2, 0) is 15.0 Å². The van der Waals surface area contributed by atoms with E-state index in [2.05, 4.69) is 20.8 Å². The molecule has 1 fully saturated rings. The molecule has 0 saturated carbocycles. The number of hydrogen-bond acceptors (Lipinski definition) is 4. The van der Waals surface area contributed by atoms with Crippen molar-refractivity contribution in [2.24, 2.45) is 0 Å². The number of ether oxygens (including phenoxy) is 1. The maximum Gasteiger partial charge on any atom is 0.295 e. The molecule has 1 aliphatic rings. The van der Waals surface area contributed by atoms with E-state index in [1.54, 1.807) is 12.1 Å². The van der Waals surface area contributed by atoms with E-state index in [0.717, 1.165) is 11.1 Å². The largest absolute Gasteiger partial charge is 0.507 e. The standard InChI is InChI=1S/C25H28ClNO4/c1-6-13-27-21(15-7-9-16(10-8-15)25(2,3)4)20(23(29)24(27)30)22(28)18-14-17(26)11-12-19(18)31-5/h7-12,14,21,28H,6,13H2,1-5H3/b22-20+. The maximum absolute atomic E-state index is 13.0. The lowest BCUT2D eigenvalue weighted by Crippen LogP contribution is -2.30. The van der Waals surface area contributed by atoms with Crippen molar-refractivity contribution in [3.63, 3.8) is 0 Å². The van der Waals surface area contributed by atoms with Gasteiger partial charge < -0.3 is 14.7 Å². The fraction of sp³-hybridized carbons (Fsp3) is 0.360. The molecule has 2 aromatic rings. The molecule has 1 aliphatic heterocycles. The van der Waals surface area contributed by atoms with Crippen molar-refractivity contribution in [2.75, 3.05) is 13.7 Å². The number of hydrogen-bond donors (Lipinski definition) is 1. The predicted octanol–water partition coefficient (Wildman–Crippen LogP) is 5.48. The van der Waals surface area contributed by atoms with E-state index in [9.17, 15) is 14.7 Å². The van der Waals surface area contributed by atoms with Gasteiger partial charge in [0.2, 0.25) is 0 Å². The number of halogens is 1. The van der Waals surface area contributed by atoms with Crippen LogP contribution in [0.3, 0.4) is 0 Å². The molecule has 0 aliphatic carbocycles. The number of likely N-dealkylation sites (tertiary alicyclic amines) is 1. The second-order valence-corrected chi connectivity index (χ2v) is 9.15. The number of rotatable bonds is 5. The Morgan fingerprint density at radius 2 is 1.77 bits per heavy atom. The van der Waals surface area contributed by atoms with Crippen LogP contribution in [0.5, 0.6) is 5.75 Å². The third-order valence-electron chi connectivity index (χ3n) is 5.51. The first kappa shape index (κ1) is 22.9. The fourth-order valence-corrected chi connectivity index (χ4v) is 4.05. The first-order valence-corrected chi connectivity index (χ1v) is 10.7. The van der Waals surface area contributed by atoms with Crippen molar-refractivity contribution < 1.29 is 19.4 Å². The summed E-state index contributed by atoms with van der Waals surface area (Å²) in [5.41, 5.74) is 2.20. The van der Waals surface area contributed by atoms with Crippen LogP contribution in [0.2, 0.25) is 5.02 Å². The maximum atomic E-state index is 13.0. The third kappa shape index (κ3) is 4.33. The highest BCUT2D eigenvalue weighted by Gasteiger charge is 2.46. The molecule has 6 heteroatoms. The van der Waals surface area contributed by atoms with Gasteiger partial charge in [-0.15, -0.1) is 0 Å². The van der Waals surface area contributed by atoms with Crippen LogP contribution < -0.4 is 4.74 Å². The lowest BCUT2D eigenvalue weighted by Gasteiger charge is -2.26.